The maximum Gasteiger partial charge on any atom is 0.364 e. The molecule has 0 aromatic rings. The molecule has 57 atom stereocenters. The number of carboxylic acids is 2. The van der Waals surface area contributed by atoms with E-state index in [0.717, 1.165) is 0 Å². The molecule has 134 heavy (non-hydrogen) atoms. The summed E-state index contributed by atoms with van der Waals surface area (Å²) in [6.45, 7) is -4.65. The van der Waals surface area contributed by atoms with Gasteiger partial charge in [0.2, 0.25) is 0 Å². The van der Waals surface area contributed by atoms with E-state index in [2.05, 4.69) is 0 Å². The molecule has 0 aromatic carbocycles. The van der Waals surface area contributed by atoms with Gasteiger partial charge in [0.05, 0.1) is 127 Å². The molecule has 57 nitrogen and oxygen atoms in total. The summed E-state index contributed by atoms with van der Waals surface area (Å²) in [6.07, 6.45) is -98.7. The minimum atomic E-state index is -2.97. The number of nitrogens with two attached hydrogens (primary N) is 2. The molecule has 11 rings (SSSR count). The van der Waals surface area contributed by atoms with Crippen LogP contribution in [-0.4, -0.2) is 572 Å². The lowest BCUT2D eigenvalue weighted by Gasteiger charge is -2.51. The van der Waals surface area contributed by atoms with Gasteiger partial charge in [-0.05, 0) is 6.92 Å². The van der Waals surface area contributed by atoms with Crippen molar-refractivity contribution in [1.82, 2.24) is 0 Å². The van der Waals surface area contributed by atoms with E-state index in [0.29, 0.717) is 0 Å². The van der Waals surface area contributed by atoms with E-state index in [1.54, 1.807) is 13.8 Å². The highest BCUT2D eigenvalue weighted by molar-refractivity contribution is 5.76. The van der Waals surface area contributed by atoms with Gasteiger partial charge < -0.3 is 274 Å². The Hall–Kier alpha value is -3.18. The molecule has 25 unspecified atom stereocenters. The number of aliphatic hydroxyl groups is 30. The molecule has 780 valence electrons. The summed E-state index contributed by atoms with van der Waals surface area (Å²) in [4.78, 5) is 25.7. The average molecular weight is 1970 g/mol. The quantitative estimate of drug-likeness (QED) is 0.0275. The number of carboxylic acid groups (broad SMARTS) is 2. The first-order valence-corrected chi connectivity index (χ1v) is 43.7. The van der Waals surface area contributed by atoms with Gasteiger partial charge in [0, 0.05) is 36.5 Å². The molecule has 0 radical (unpaired) electrons. The van der Waals surface area contributed by atoms with Gasteiger partial charge in [-0.1, -0.05) is 27.7 Å². The van der Waals surface area contributed by atoms with Crippen molar-refractivity contribution in [3.8, 4) is 0 Å². The van der Waals surface area contributed by atoms with E-state index >= 15 is 0 Å². The largest absolute Gasteiger partial charge is 0.477 e. The number of hydrogen-bond donors (Lipinski definition) is 34. The van der Waals surface area contributed by atoms with Crippen molar-refractivity contribution in [3.05, 3.63) is 0 Å². The lowest BCUT2D eigenvalue weighted by atomic mass is 9.88. The molecule has 11 saturated heterocycles. The molecule has 11 aliphatic heterocycles. The Morgan fingerprint density at radius 2 is 0.590 bits per heavy atom. The third kappa shape index (κ3) is 23.1. The Bertz CT molecular complexity index is 3610. The van der Waals surface area contributed by atoms with Gasteiger partial charge in [-0.3, -0.25) is 0 Å². The number of rotatable bonds is 37. The van der Waals surface area contributed by atoms with Crippen LogP contribution in [0, 0.1) is 23.7 Å². The number of ether oxygens (including phenoxy) is 21. The topological polar surface area (TPSA) is 927 Å². The van der Waals surface area contributed by atoms with E-state index in [1.165, 1.54) is 20.8 Å². The maximum absolute atomic E-state index is 12.8. The van der Waals surface area contributed by atoms with Crippen LogP contribution < -0.4 is 11.5 Å². The van der Waals surface area contributed by atoms with Gasteiger partial charge in [0.25, 0.3) is 11.6 Å². The van der Waals surface area contributed by atoms with Crippen LogP contribution >= 0.6 is 0 Å². The van der Waals surface area contributed by atoms with Crippen molar-refractivity contribution in [2.75, 3.05) is 72.7 Å². The van der Waals surface area contributed by atoms with E-state index in [4.69, 9.17) is 111 Å². The van der Waals surface area contributed by atoms with E-state index in [9.17, 15) is 173 Å². The summed E-state index contributed by atoms with van der Waals surface area (Å²) in [5.74, 6) is -14.7. The first-order chi connectivity index (χ1) is 63.2. The molecule has 0 amide bonds. The van der Waals surface area contributed by atoms with Crippen LogP contribution in [0.4, 0.5) is 0 Å². The second-order valence-electron chi connectivity index (χ2n) is 35.7. The summed E-state index contributed by atoms with van der Waals surface area (Å²) >= 11 is 0. The van der Waals surface area contributed by atoms with Crippen LogP contribution in [0.3, 0.4) is 0 Å². The van der Waals surface area contributed by atoms with Crippen LogP contribution in [0.1, 0.15) is 47.5 Å². The van der Waals surface area contributed by atoms with Gasteiger partial charge in [-0.2, -0.15) is 0 Å². The Morgan fingerprint density at radius 1 is 0.306 bits per heavy atom. The Labute approximate surface area is 761 Å². The Morgan fingerprint density at radius 3 is 0.940 bits per heavy atom. The van der Waals surface area contributed by atoms with Crippen molar-refractivity contribution in [1.29, 1.82) is 0 Å². The van der Waals surface area contributed by atoms with Crippen LogP contribution in [-0.2, 0) is 109 Å². The van der Waals surface area contributed by atoms with Gasteiger partial charge in [-0.15, -0.1) is 0 Å². The molecule has 0 spiro atoms. The van der Waals surface area contributed by atoms with Gasteiger partial charge >= 0.3 is 11.9 Å². The highest BCUT2D eigenvalue weighted by Crippen LogP contribution is 2.44. The predicted octanol–water partition coefficient (Wildman–Crippen LogP) is -20.5. The normalized spacial score (nSPS) is 50.9. The van der Waals surface area contributed by atoms with Gasteiger partial charge in [-0.25, -0.2) is 9.59 Å². The monoisotopic (exact) mass is 1960 g/mol. The molecular weight excluding hydrogens is 1830 g/mol. The minimum absolute atomic E-state index is 0.584. The minimum Gasteiger partial charge on any atom is -0.477 e. The van der Waals surface area contributed by atoms with Crippen molar-refractivity contribution < 1.29 is 272 Å². The fraction of sp³-hybridized carbons (Fsp3) is 0.974. The standard InChI is InChI=1S/C77H132N2O55/c1-19-23(5)117-30(12-84)57(39(19)92)126-66-20(2)40(93)60(33(15-87)120-66)129-71-56(109)63(130-73-65(53(106)46(99)29(11-83)119-73)132-68-22(4)42(95)59(32(14-86)122-68)128-70-55(108)51(104)48(101)36(125-70)18-116-77(75(112)113)7-25(89)38(79)62(134-77)44(97)27(91)9-81)49(102)34(123-71)16-114-72-64(52(105)45(98)28(10-82)118-72)131-67-21(3)41(94)58(31(13-85)121-67)127-69-54(107)50(103)47(100)35(124-69)17-115-76(74(110)111)6-24(88)37(78)61(133-76)43(96)26(90)8-80/h19-73,80-109H,6-18,78-79H2,1-5H3,(H,110,111)(H,112,113)/t19-,20+,21?,22+,23+,24-,25-,26-,27-,28?,29-,30?,31+,32?,33?,34?,35?,36?,37?,38-,39?,40?,41?,42?,43?,44?,45-,46-,47+,48+,49-,50?,51?,52?,53?,54+,55+,56?,57-,58-,59-,60-,61?,62?,63?,64-,65?,66+,67+,68+,69+,70+,71+,72+,73?,76-,77-/m1/s1. The molecule has 0 aliphatic carbocycles. The first-order valence-electron chi connectivity index (χ1n) is 43.7. The molecule has 57 heteroatoms. The zero-order chi connectivity index (χ0) is 99.0. The van der Waals surface area contributed by atoms with E-state index in [1.807, 2.05) is 0 Å². The molecule has 11 aliphatic rings. The number of aliphatic hydroxyl groups excluding tert-OH is 30. The van der Waals surface area contributed by atoms with E-state index < -0.39 is 445 Å². The number of aliphatic carboxylic acids is 2. The molecule has 11 fully saturated rings. The fourth-order valence-corrected chi connectivity index (χ4v) is 18.0. The predicted molar refractivity (Wildman–Crippen MR) is 417 cm³/mol. The fourth-order valence-electron chi connectivity index (χ4n) is 18.0. The first kappa shape index (κ1) is 111. The molecule has 36 N–H and O–H groups in total. The second kappa shape index (κ2) is 47.1. The lowest BCUT2D eigenvalue weighted by molar-refractivity contribution is -0.402. The number of carbonyl (C=O) groups is 2. The smallest absolute Gasteiger partial charge is 0.364 e. The van der Waals surface area contributed by atoms with Crippen molar-refractivity contribution >= 4 is 11.9 Å². The van der Waals surface area contributed by atoms with Gasteiger partial charge in [0.15, 0.2) is 50.3 Å². The summed E-state index contributed by atoms with van der Waals surface area (Å²) in [7, 11) is 0. The molecule has 0 bridgehead atoms. The lowest BCUT2D eigenvalue weighted by Crippen LogP contribution is -2.68. The third-order valence-corrected chi connectivity index (χ3v) is 26.8. The summed E-state index contributed by atoms with van der Waals surface area (Å²) < 4.78 is 125. The van der Waals surface area contributed by atoms with Crippen LogP contribution in [0.2, 0.25) is 0 Å². The SMILES string of the molecule is CC1C(O)[C@H](O[C@@H]2OC(CO[C@]3(C(=O)O)C[C@@H](O)C(N)C(C(O)[C@H](O)CO)O3)[C@H](O)C(O)[C@@H]2O)[C@H](CO)O[C@H]1O[C@@H]1C(O)[C@H](O)C(CO)O[C@@H]1OCC1O[C@@H](O[C@@H]2C(CO)O[C@@H](O[C@@H]3C(CO)O[C@@H](C)[C@@H](C)C3O)[C@@H](C)C2O)C(O)C(OC2O[C@H](CO)[C@@H](O)C(O)C2O[C@@H]2OC(CO)[C@@H](O[C@@H]3OC(CO[C@]4(C(=O)O)C[C@@H](O)[C@@H](N)C(C(O)[C@H](O)CO)O4)[C@H](O)C(O)[C@@H]3O)C(O)[C@@H]2C)[C@@H]1O. The van der Waals surface area contributed by atoms with Gasteiger partial charge in [0.1, 0.15) is 208 Å². The second-order valence-corrected chi connectivity index (χ2v) is 35.7. The zero-order valence-electron chi connectivity index (χ0n) is 72.8. The maximum atomic E-state index is 12.8. The molecule has 0 saturated carbocycles. The summed E-state index contributed by atoms with van der Waals surface area (Å²) in [5, 5.41) is 354. The highest BCUT2D eigenvalue weighted by Gasteiger charge is 2.63. The van der Waals surface area contributed by atoms with Crippen LogP contribution in [0.25, 0.3) is 0 Å². The van der Waals surface area contributed by atoms with Crippen molar-refractivity contribution in [2.24, 2.45) is 35.1 Å². The van der Waals surface area contributed by atoms with E-state index in [-0.39, 0.29) is 0 Å². The number of hydrogen-bond acceptors (Lipinski definition) is 55. The molecule has 11 heterocycles. The van der Waals surface area contributed by atoms with Crippen molar-refractivity contribution in [3.63, 3.8) is 0 Å². The third-order valence-electron chi connectivity index (χ3n) is 26.8. The summed E-state index contributed by atoms with van der Waals surface area (Å²) in [5.41, 5.74) is 11.9. The highest BCUT2D eigenvalue weighted by atomic mass is 16.8. The zero-order valence-corrected chi connectivity index (χ0v) is 72.8. The molecular formula is C77H132N2O55. The van der Waals surface area contributed by atoms with Crippen molar-refractivity contribution in [2.45, 2.75) is 372 Å². The Balaban J connectivity index is 0.829. The average Bonchev–Trinajstić information content (AvgIpc) is 0.770. The van der Waals surface area contributed by atoms with Crippen LogP contribution in [0.5, 0.6) is 0 Å². The molecule has 0 aromatic heterocycles. The van der Waals surface area contributed by atoms with Crippen LogP contribution in [0.15, 0.2) is 0 Å². The Kier molecular flexibility index (Phi) is 39.1. The summed E-state index contributed by atoms with van der Waals surface area (Å²) in [6, 6.07) is -3.17.